The van der Waals surface area contributed by atoms with Gasteiger partial charge in [0, 0.05) is 16.7 Å². The van der Waals surface area contributed by atoms with Crippen molar-refractivity contribution in [2.75, 3.05) is 13.1 Å². The summed E-state index contributed by atoms with van der Waals surface area (Å²) in [7, 11) is 0. The normalized spacial score (nSPS) is 20.7. The molecular weight excluding hydrogens is 325 g/mol. The summed E-state index contributed by atoms with van der Waals surface area (Å²) in [6.07, 6.45) is 8.69. The van der Waals surface area contributed by atoms with E-state index >= 15 is 0 Å². The molecule has 132 valence electrons. The zero-order valence-corrected chi connectivity index (χ0v) is 14.8. The van der Waals surface area contributed by atoms with Gasteiger partial charge in [0.2, 0.25) is 0 Å². The van der Waals surface area contributed by atoms with Gasteiger partial charge in [-0.2, -0.15) is 0 Å². The summed E-state index contributed by atoms with van der Waals surface area (Å²) < 4.78 is 14.4. The minimum atomic E-state index is -0.315. The van der Waals surface area contributed by atoms with E-state index in [4.69, 9.17) is 0 Å². The molecule has 0 aromatic heterocycles. The molecule has 1 saturated carbocycles. The number of carbonyl (C=O) groups excluding carboxylic acids is 1. The third-order valence-electron chi connectivity index (χ3n) is 6.30. The van der Waals surface area contributed by atoms with Crippen LogP contribution in [0.4, 0.5) is 4.39 Å². The summed E-state index contributed by atoms with van der Waals surface area (Å²) in [6.45, 7) is 2.43. The van der Waals surface area contributed by atoms with Crippen LogP contribution in [0.5, 0.6) is 0 Å². The van der Waals surface area contributed by atoms with Crippen molar-refractivity contribution < 1.29 is 9.18 Å². The van der Waals surface area contributed by atoms with E-state index in [1.807, 2.05) is 0 Å². The van der Waals surface area contributed by atoms with Gasteiger partial charge in [-0.05, 0) is 79.6 Å². The molecule has 2 aromatic rings. The fourth-order valence-electron chi connectivity index (χ4n) is 4.71. The van der Waals surface area contributed by atoms with Crippen LogP contribution >= 0.6 is 0 Å². The van der Waals surface area contributed by atoms with Crippen molar-refractivity contribution >= 4 is 17.9 Å². The quantitative estimate of drug-likeness (QED) is 0.739. The fraction of sp³-hybridized carbons (Fsp3) is 0.348. The predicted molar refractivity (Wildman–Crippen MR) is 102 cm³/mol. The SMILES string of the molecule is O=Cc1ccc(C2=Cc3cc(C4(N5CCCC5)CC4)ccc3C2)c(F)c1. The second kappa shape index (κ2) is 5.88. The minimum Gasteiger partial charge on any atom is -0.298 e. The third kappa shape index (κ3) is 2.45. The second-order valence-electron chi connectivity index (χ2n) is 7.84. The molecule has 2 nitrogen and oxygen atoms in total. The van der Waals surface area contributed by atoms with Gasteiger partial charge in [-0.1, -0.05) is 30.3 Å². The molecule has 1 heterocycles. The molecule has 0 bridgehead atoms. The van der Waals surface area contributed by atoms with Gasteiger partial charge >= 0.3 is 0 Å². The van der Waals surface area contributed by atoms with Crippen LogP contribution in [0.25, 0.3) is 11.6 Å². The molecule has 0 N–H and O–H groups in total. The molecule has 3 aliphatic rings. The summed E-state index contributed by atoms with van der Waals surface area (Å²) in [5.74, 6) is -0.315. The Labute approximate surface area is 153 Å². The lowest BCUT2D eigenvalue weighted by Gasteiger charge is -2.28. The number of hydrogen-bond donors (Lipinski definition) is 0. The van der Waals surface area contributed by atoms with Crippen molar-refractivity contribution in [3.63, 3.8) is 0 Å². The van der Waals surface area contributed by atoms with Crippen molar-refractivity contribution in [3.8, 4) is 0 Å². The molecule has 5 rings (SSSR count). The van der Waals surface area contributed by atoms with Crippen LogP contribution in [-0.2, 0) is 12.0 Å². The smallest absolute Gasteiger partial charge is 0.150 e. The molecule has 26 heavy (non-hydrogen) atoms. The van der Waals surface area contributed by atoms with Gasteiger partial charge in [0.1, 0.15) is 12.1 Å². The second-order valence-corrected chi connectivity index (χ2v) is 7.84. The lowest BCUT2D eigenvalue weighted by atomic mass is 9.98. The number of likely N-dealkylation sites (tertiary alicyclic amines) is 1. The maximum absolute atomic E-state index is 14.4. The molecule has 1 aliphatic heterocycles. The molecular formula is C23H22FNO. The first kappa shape index (κ1) is 16.0. The Bertz CT molecular complexity index is 920. The maximum atomic E-state index is 14.4. The summed E-state index contributed by atoms with van der Waals surface area (Å²) in [5.41, 5.74) is 6.16. The van der Waals surface area contributed by atoms with E-state index in [2.05, 4.69) is 29.2 Å². The van der Waals surface area contributed by atoms with E-state index in [1.54, 1.807) is 12.1 Å². The molecule has 2 aromatic carbocycles. The van der Waals surface area contributed by atoms with Gasteiger partial charge in [-0.15, -0.1) is 0 Å². The van der Waals surface area contributed by atoms with Gasteiger partial charge in [0.05, 0.1) is 0 Å². The highest BCUT2D eigenvalue weighted by molar-refractivity contribution is 5.89. The zero-order valence-electron chi connectivity index (χ0n) is 14.8. The highest BCUT2D eigenvalue weighted by atomic mass is 19.1. The van der Waals surface area contributed by atoms with Gasteiger partial charge < -0.3 is 0 Å². The summed E-state index contributed by atoms with van der Waals surface area (Å²) in [5, 5.41) is 0. The molecule has 1 saturated heterocycles. The van der Waals surface area contributed by atoms with Crippen LogP contribution in [0.2, 0.25) is 0 Å². The number of hydrogen-bond acceptors (Lipinski definition) is 2. The Morgan fingerprint density at radius 1 is 1.04 bits per heavy atom. The van der Waals surface area contributed by atoms with Crippen LogP contribution in [0.15, 0.2) is 36.4 Å². The van der Waals surface area contributed by atoms with Crippen LogP contribution < -0.4 is 0 Å². The Morgan fingerprint density at radius 2 is 1.85 bits per heavy atom. The predicted octanol–water partition coefficient (Wildman–Crippen LogP) is 4.82. The fourth-order valence-corrected chi connectivity index (χ4v) is 4.71. The first-order chi connectivity index (χ1) is 12.7. The van der Waals surface area contributed by atoms with Gasteiger partial charge in [0.25, 0.3) is 0 Å². The summed E-state index contributed by atoms with van der Waals surface area (Å²) >= 11 is 0. The number of allylic oxidation sites excluding steroid dienone is 1. The average molecular weight is 347 g/mol. The van der Waals surface area contributed by atoms with Gasteiger partial charge in [-0.25, -0.2) is 4.39 Å². The molecule has 2 aliphatic carbocycles. The first-order valence-corrected chi connectivity index (χ1v) is 9.54. The molecule has 0 atom stereocenters. The topological polar surface area (TPSA) is 20.3 Å². The van der Waals surface area contributed by atoms with Crippen LogP contribution in [0.3, 0.4) is 0 Å². The van der Waals surface area contributed by atoms with Crippen LogP contribution in [0.1, 0.15) is 58.3 Å². The van der Waals surface area contributed by atoms with E-state index in [1.165, 1.54) is 61.5 Å². The van der Waals surface area contributed by atoms with Crippen LogP contribution in [-0.4, -0.2) is 24.3 Å². The van der Waals surface area contributed by atoms with Gasteiger partial charge in [0.15, 0.2) is 0 Å². The van der Waals surface area contributed by atoms with E-state index in [0.29, 0.717) is 17.4 Å². The minimum absolute atomic E-state index is 0.263. The first-order valence-electron chi connectivity index (χ1n) is 9.54. The van der Waals surface area contributed by atoms with Crippen molar-refractivity contribution in [1.29, 1.82) is 0 Å². The summed E-state index contributed by atoms with van der Waals surface area (Å²) in [6, 6.07) is 11.6. The number of halogens is 1. The third-order valence-corrected chi connectivity index (χ3v) is 6.30. The Hall–Kier alpha value is -2.26. The largest absolute Gasteiger partial charge is 0.298 e. The lowest BCUT2D eigenvalue weighted by molar-refractivity contribution is 0.112. The van der Waals surface area contributed by atoms with Gasteiger partial charge in [-0.3, -0.25) is 9.69 Å². The van der Waals surface area contributed by atoms with E-state index in [-0.39, 0.29) is 11.4 Å². The zero-order chi connectivity index (χ0) is 17.7. The Morgan fingerprint density at radius 3 is 2.54 bits per heavy atom. The standard InChI is InChI=1S/C23H22FNO/c24-22-11-16(15-26)3-6-21(22)19-12-17-4-5-20(14-18(17)13-19)23(7-8-23)25-9-1-2-10-25/h3-6,11,13-15H,1-2,7-10,12H2. The number of aldehydes is 1. The average Bonchev–Trinajstić information content (AvgIpc) is 3.08. The molecule has 3 heteroatoms. The molecule has 2 fully saturated rings. The molecule has 0 amide bonds. The summed E-state index contributed by atoms with van der Waals surface area (Å²) in [4.78, 5) is 13.5. The molecule has 0 radical (unpaired) electrons. The number of carbonyl (C=O) groups is 1. The van der Waals surface area contributed by atoms with E-state index < -0.39 is 0 Å². The number of rotatable bonds is 4. The molecule has 0 spiro atoms. The maximum Gasteiger partial charge on any atom is 0.150 e. The van der Waals surface area contributed by atoms with E-state index in [0.717, 1.165) is 12.0 Å². The monoisotopic (exact) mass is 347 g/mol. The van der Waals surface area contributed by atoms with Crippen molar-refractivity contribution in [2.24, 2.45) is 0 Å². The van der Waals surface area contributed by atoms with E-state index in [9.17, 15) is 9.18 Å². The van der Waals surface area contributed by atoms with Crippen LogP contribution in [0, 0.1) is 5.82 Å². The highest BCUT2D eigenvalue weighted by Crippen LogP contribution is 2.53. The molecule has 0 unspecified atom stereocenters. The lowest BCUT2D eigenvalue weighted by Crippen LogP contribution is -2.32. The Balaban J connectivity index is 1.47. The number of fused-ring (bicyclic) bond motifs is 1. The van der Waals surface area contributed by atoms with Crippen molar-refractivity contribution in [1.82, 2.24) is 4.90 Å². The van der Waals surface area contributed by atoms with Crippen molar-refractivity contribution in [3.05, 3.63) is 70.0 Å². The number of nitrogens with zero attached hydrogens (tertiary/aromatic N) is 1. The number of benzene rings is 2. The highest BCUT2D eigenvalue weighted by Gasteiger charge is 2.50. The Kier molecular flexibility index (Phi) is 3.61. The van der Waals surface area contributed by atoms with Crippen molar-refractivity contribution in [2.45, 2.75) is 37.6 Å².